The maximum absolute atomic E-state index is 9.00. The van der Waals surface area contributed by atoms with Gasteiger partial charge < -0.3 is 44.0 Å². The molecule has 0 saturated heterocycles. The number of carbonyl (C=O) groups is 5. The van der Waals surface area contributed by atoms with Gasteiger partial charge in [-0.1, -0.05) is 0 Å². The number of hydrogen-bond donors (Lipinski definition) is 8. The van der Waals surface area contributed by atoms with E-state index in [1.54, 1.807) is 0 Å². The van der Waals surface area contributed by atoms with Crippen molar-refractivity contribution >= 4 is 29.8 Å². The highest BCUT2D eigenvalue weighted by Gasteiger charge is 1.66. The Kier molecular flexibility index (Phi) is 92.9. The molecule has 0 aromatic carbocycles. The molecule has 144 valence electrons. The molecule has 0 heterocycles. The molecule has 0 aliphatic rings. The smallest absolute Gasteiger partial charge is 0.300 e. The average molecular weight is 351 g/mol. The van der Waals surface area contributed by atoms with Crippen molar-refractivity contribution in [1.29, 1.82) is 0 Å². The quantitative estimate of drug-likeness (QED) is 0.301. The summed E-state index contributed by atoms with van der Waals surface area (Å²) >= 11 is 0. The highest BCUT2D eigenvalue weighted by Crippen LogP contribution is 1.43. The Morgan fingerprint density at radius 1 is 0.391 bits per heavy atom. The van der Waals surface area contributed by atoms with Gasteiger partial charge in [-0.25, -0.2) is 0 Å². The van der Waals surface area contributed by atoms with Crippen LogP contribution in [0.3, 0.4) is 0 Å². The standard InChI is InChI=1S/5C2H4O2.3H3N/c5*1-2(3)4;;;/h5*1H3,(H,3,4);3*1H3. The summed E-state index contributed by atoms with van der Waals surface area (Å²) in [5.41, 5.74) is 0. The zero-order valence-corrected chi connectivity index (χ0v) is 13.9. The van der Waals surface area contributed by atoms with Crippen LogP contribution in [0.25, 0.3) is 0 Å². The summed E-state index contributed by atoms with van der Waals surface area (Å²) in [5.74, 6) is -4.17. The van der Waals surface area contributed by atoms with Crippen LogP contribution in [0, 0.1) is 0 Å². The number of rotatable bonds is 0. The monoisotopic (exact) mass is 351 g/mol. The van der Waals surface area contributed by atoms with E-state index in [0.717, 1.165) is 34.6 Å². The minimum Gasteiger partial charge on any atom is -0.481 e. The van der Waals surface area contributed by atoms with Crippen molar-refractivity contribution in [3.8, 4) is 0 Å². The van der Waals surface area contributed by atoms with Crippen LogP contribution in [0.5, 0.6) is 0 Å². The van der Waals surface area contributed by atoms with Gasteiger partial charge in [0.05, 0.1) is 0 Å². The molecule has 13 heteroatoms. The van der Waals surface area contributed by atoms with Crippen LogP contribution in [0.15, 0.2) is 0 Å². The number of carboxylic acids is 5. The predicted octanol–water partition coefficient (Wildman–Crippen LogP) is 0.941. The Labute approximate surface area is 133 Å². The molecule has 0 amide bonds. The molecule has 0 aliphatic heterocycles. The third kappa shape index (κ3) is 744. The Hall–Kier alpha value is -2.77. The fourth-order valence-electron chi connectivity index (χ4n) is 0. The van der Waals surface area contributed by atoms with Gasteiger partial charge in [-0.3, -0.25) is 24.0 Å². The second-order valence-electron chi connectivity index (χ2n) is 2.60. The van der Waals surface area contributed by atoms with E-state index in [-0.39, 0.29) is 18.5 Å². The van der Waals surface area contributed by atoms with Gasteiger partial charge in [-0.15, -0.1) is 0 Å². The van der Waals surface area contributed by atoms with Crippen LogP contribution in [0.4, 0.5) is 0 Å². The van der Waals surface area contributed by atoms with E-state index in [4.69, 9.17) is 49.5 Å². The first kappa shape index (κ1) is 50.0. The summed E-state index contributed by atoms with van der Waals surface area (Å²) in [6.07, 6.45) is 0. The highest BCUT2D eigenvalue weighted by molar-refractivity contribution is 5.63. The van der Waals surface area contributed by atoms with Crippen molar-refractivity contribution in [2.45, 2.75) is 34.6 Å². The lowest BCUT2D eigenvalue weighted by molar-refractivity contribution is -0.135. The summed E-state index contributed by atoms with van der Waals surface area (Å²) in [4.78, 5) is 45.0. The Balaban J connectivity index is -0.0000000197. The average Bonchev–Trinajstić information content (AvgIpc) is 1.94. The van der Waals surface area contributed by atoms with E-state index >= 15 is 0 Å². The molecule has 0 rings (SSSR count). The van der Waals surface area contributed by atoms with Gasteiger partial charge in [0.25, 0.3) is 29.8 Å². The lowest BCUT2D eigenvalue weighted by atomic mass is 10.9. The molecule has 13 nitrogen and oxygen atoms in total. The molecule has 0 fully saturated rings. The van der Waals surface area contributed by atoms with Crippen molar-refractivity contribution in [3.05, 3.63) is 0 Å². The molecule has 23 heavy (non-hydrogen) atoms. The van der Waals surface area contributed by atoms with Crippen molar-refractivity contribution in [2.75, 3.05) is 0 Å². The first-order valence-electron chi connectivity index (χ1n) is 4.64. The fourth-order valence-corrected chi connectivity index (χ4v) is 0. The third-order valence-corrected chi connectivity index (χ3v) is 0. The van der Waals surface area contributed by atoms with Gasteiger partial charge in [-0.2, -0.15) is 0 Å². The maximum atomic E-state index is 9.00. The number of carboxylic acid groups (broad SMARTS) is 5. The van der Waals surface area contributed by atoms with Crippen LogP contribution < -0.4 is 18.5 Å². The molecule has 0 bridgehead atoms. The molecule has 0 atom stereocenters. The molecular formula is C10H29N3O10. The van der Waals surface area contributed by atoms with E-state index in [0.29, 0.717) is 0 Å². The van der Waals surface area contributed by atoms with E-state index in [1.165, 1.54) is 0 Å². The van der Waals surface area contributed by atoms with Gasteiger partial charge in [0.1, 0.15) is 0 Å². The number of aliphatic carboxylic acids is 5. The van der Waals surface area contributed by atoms with E-state index in [9.17, 15) is 0 Å². The van der Waals surface area contributed by atoms with Crippen molar-refractivity contribution in [3.63, 3.8) is 0 Å². The van der Waals surface area contributed by atoms with Gasteiger partial charge >= 0.3 is 0 Å². The first-order valence-corrected chi connectivity index (χ1v) is 4.64. The Bertz CT molecular complexity index is 218. The lowest BCUT2D eigenvalue weighted by Crippen LogP contribution is -1.78. The second kappa shape index (κ2) is 42.7. The zero-order chi connectivity index (χ0) is 17.9. The predicted molar refractivity (Wildman–Crippen MR) is 81.6 cm³/mol. The van der Waals surface area contributed by atoms with Crippen LogP contribution >= 0.6 is 0 Å². The van der Waals surface area contributed by atoms with Gasteiger partial charge in [0.15, 0.2) is 0 Å². The van der Waals surface area contributed by atoms with Crippen LogP contribution in [0.1, 0.15) is 34.6 Å². The van der Waals surface area contributed by atoms with E-state index in [2.05, 4.69) is 0 Å². The summed E-state index contributed by atoms with van der Waals surface area (Å²) in [5, 5.41) is 37.1. The summed E-state index contributed by atoms with van der Waals surface area (Å²) in [6, 6.07) is 0. The van der Waals surface area contributed by atoms with Crippen molar-refractivity contribution in [2.24, 2.45) is 0 Å². The zero-order valence-electron chi connectivity index (χ0n) is 13.9. The number of hydrogen-bond acceptors (Lipinski definition) is 8. The summed E-state index contributed by atoms with van der Waals surface area (Å²) in [6.45, 7) is 5.42. The van der Waals surface area contributed by atoms with Crippen LogP contribution in [0.2, 0.25) is 0 Å². The van der Waals surface area contributed by atoms with Crippen molar-refractivity contribution in [1.82, 2.24) is 18.5 Å². The molecule has 0 spiro atoms. The minimum atomic E-state index is -0.833. The molecule has 0 unspecified atom stereocenters. The van der Waals surface area contributed by atoms with Gasteiger partial charge in [-0.05, 0) is 0 Å². The molecule has 0 radical (unpaired) electrons. The largest absolute Gasteiger partial charge is 0.481 e. The molecule has 14 N–H and O–H groups in total. The molecule has 0 aromatic rings. The summed E-state index contributed by atoms with van der Waals surface area (Å²) in [7, 11) is 0. The topological polar surface area (TPSA) is 292 Å². The van der Waals surface area contributed by atoms with E-state index in [1.807, 2.05) is 0 Å². The molecule has 0 saturated carbocycles. The summed E-state index contributed by atoms with van der Waals surface area (Å²) < 4.78 is 0. The minimum absolute atomic E-state index is 0. The molecular weight excluding hydrogens is 322 g/mol. The molecule has 0 aliphatic carbocycles. The molecule has 0 aromatic heterocycles. The SMILES string of the molecule is CC(=O)O.CC(=O)O.CC(=O)O.CC(=O)O.CC(=O)O.N.N.N. The Morgan fingerprint density at radius 3 is 0.391 bits per heavy atom. The van der Waals surface area contributed by atoms with Gasteiger partial charge in [0, 0.05) is 34.6 Å². The Morgan fingerprint density at radius 2 is 0.391 bits per heavy atom. The third-order valence-electron chi connectivity index (χ3n) is 0. The fraction of sp³-hybridized carbons (Fsp3) is 0.500. The highest BCUT2D eigenvalue weighted by atomic mass is 16.4. The van der Waals surface area contributed by atoms with Gasteiger partial charge in [0.2, 0.25) is 0 Å². The first-order chi connectivity index (χ1) is 8.66. The van der Waals surface area contributed by atoms with E-state index < -0.39 is 29.8 Å². The lowest BCUT2D eigenvalue weighted by Gasteiger charge is -1.59. The van der Waals surface area contributed by atoms with Crippen molar-refractivity contribution < 1.29 is 49.5 Å². The van der Waals surface area contributed by atoms with Crippen LogP contribution in [-0.2, 0) is 24.0 Å². The second-order valence-corrected chi connectivity index (χ2v) is 2.60. The van der Waals surface area contributed by atoms with Crippen LogP contribution in [-0.4, -0.2) is 55.4 Å². The normalized spacial score (nSPS) is 5.43. The maximum Gasteiger partial charge on any atom is 0.300 e.